The molecule has 0 aliphatic carbocycles. The molecule has 0 atom stereocenters. The zero-order valence-electron chi connectivity index (χ0n) is 13.4. The summed E-state index contributed by atoms with van der Waals surface area (Å²) < 4.78 is 84.7. The maximum Gasteiger partial charge on any atom is 0.416 e. The van der Waals surface area contributed by atoms with E-state index >= 15 is 0 Å². The number of alkyl halides is 3. The van der Waals surface area contributed by atoms with Gasteiger partial charge >= 0.3 is 6.18 Å². The third-order valence-electron chi connectivity index (χ3n) is 3.06. The maximum atomic E-state index is 14.1. The molecule has 0 heterocycles. The minimum absolute atomic E-state index is 0.0409. The summed E-state index contributed by atoms with van der Waals surface area (Å²) in [6.45, 7) is 0. The Hall–Kier alpha value is -2.87. The molecule has 0 saturated heterocycles. The lowest BCUT2D eigenvalue weighted by Gasteiger charge is -2.13. The maximum absolute atomic E-state index is 14.1. The van der Waals surface area contributed by atoms with Crippen LogP contribution in [-0.4, -0.2) is 11.4 Å². The lowest BCUT2D eigenvalue weighted by Crippen LogP contribution is -2.12. The molecule has 2 aromatic rings. The van der Waals surface area contributed by atoms with Crippen LogP contribution in [0.25, 0.3) is 0 Å². The van der Waals surface area contributed by atoms with Crippen molar-refractivity contribution in [1.82, 2.24) is 5.32 Å². The predicted molar refractivity (Wildman–Crippen MR) is 87.2 cm³/mol. The highest BCUT2D eigenvalue weighted by Gasteiger charge is 2.33. The molecular weight excluding hydrogens is 396 g/mol. The van der Waals surface area contributed by atoms with Crippen LogP contribution in [0.3, 0.4) is 0 Å². The van der Waals surface area contributed by atoms with Crippen molar-refractivity contribution >= 4 is 22.6 Å². The van der Waals surface area contributed by atoms with Crippen LogP contribution in [0.2, 0.25) is 0 Å². The first kappa shape index (κ1) is 20.4. The van der Waals surface area contributed by atoms with Crippen molar-refractivity contribution in [3.63, 3.8) is 0 Å². The normalized spacial score (nSPS) is 11.9. The molecular formula is C16H9F6N3OS. The Morgan fingerprint density at radius 2 is 1.78 bits per heavy atom. The third-order valence-corrected chi connectivity index (χ3v) is 3.64. The largest absolute Gasteiger partial charge is 0.449 e. The van der Waals surface area contributed by atoms with Crippen molar-refractivity contribution in [3.05, 3.63) is 53.3 Å². The summed E-state index contributed by atoms with van der Waals surface area (Å²) in [7, 11) is 0. The van der Waals surface area contributed by atoms with Crippen LogP contribution in [0.15, 0.2) is 35.3 Å². The van der Waals surface area contributed by atoms with Gasteiger partial charge < -0.3 is 4.74 Å². The van der Waals surface area contributed by atoms with E-state index in [1.807, 2.05) is 0 Å². The van der Waals surface area contributed by atoms with E-state index in [1.54, 1.807) is 6.19 Å². The van der Waals surface area contributed by atoms with Gasteiger partial charge in [-0.1, -0.05) is 17.8 Å². The van der Waals surface area contributed by atoms with Crippen LogP contribution in [-0.2, 0) is 6.18 Å². The number of ether oxygens (including phenoxy) is 1. The van der Waals surface area contributed by atoms with Crippen molar-refractivity contribution in [2.24, 2.45) is 4.99 Å². The molecule has 0 spiro atoms. The lowest BCUT2D eigenvalue weighted by molar-refractivity contribution is -0.138. The molecule has 4 nitrogen and oxygen atoms in total. The standard InChI is InChI=1S/C16H9F6N3OS/c1-27-15(24-7-23)25-13-9(17)3-2-4-12(13)26-14-10(18)5-8(6-11(14)19)16(20,21)22/h2-6H,1H3,(H,24,25). The molecule has 0 unspecified atom stereocenters. The molecule has 0 saturated carbocycles. The van der Waals surface area contributed by atoms with E-state index in [2.05, 4.69) is 10.3 Å². The SMILES string of the molecule is CSC(=Nc1c(F)cccc1Oc1c(F)cc(C(F)(F)F)cc1F)NC#N. The Morgan fingerprint density at radius 1 is 1.15 bits per heavy atom. The first-order chi connectivity index (χ1) is 12.7. The molecule has 1 N–H and O–H groups in total. The Bertz CT molecular complexity index is 900. The van der Waals surface area contributed by atoms with Gasteiger partial charge in [-0.25, -0.2) is 18.2 Å². The Balaban J connectivity index is 2.51. The van der Waals surface area contributed by atoms with Crippen molar-refractivity contribution in [2.45, 2.75) is 6.18 Å². The second-order valence-corrected chi connectivity index (χ2v) is 5.61. The number of aliphatic imine (C=N–C) groups is 1. The van der Waals surface area contributed by atoms with Gasteiger partial charge in [0.2, 0.25) is 0 Å². The van der Waals surface area contributed by atoms with Gasteiger partial charge in [0.25, 0.3) is 0 Å². The van der Waals surface area contributed by atoms with Crippen LogP contribution in [0.1, 0.15) is 5.56 Å². The quantitative estimate of drug-likeness (QED) is 0.246. The molecule has 0 fully saturated rings. The Labute approximate surface area is 153 Å². The Kier molecular flexibility index (Phi) is 6.22. The number of halogens is 6. The van der Waals surface area contributed by atoms with Gasteiger partial charge in [-0.3, -0.25) is 5.32 Å². The zero-order chi connectivity index (χ0) is 20.2. The highest BCUT2D eigenvalue weighted by atomic mass is 32.2. The van der Waals surface area contributed by atoms with Crippen LogP contribution >= 0.6 is 11.8 Å². The van der Waals surface area contributed by atoms with Crippen molar-refractivity contribution in [2.75, 3.05) is 6.26 Å². The van der Waals surface area contributed by atoms with E-state index in [0.29, 0.717) is 0 Å². The number of rotatable bonds is 3. The molecule has 27 heavy (non-hydrogen) atoms. The summed E-state index contributed by atoms with van der Waals surface area (Å²) in [6, 6.07) is 3.37. The molecule has 0 aliphatic rings. The van der Waals surface area contributed by atoms with Crippen molar-refractivity contribution < 1.29 is 31.1 Å². The zero-order valence-corrected chi connectivity index (χ0v) is 14.2. The Morgan fingerprint density at radius 3 is 2.30 bits per heavy atom. The van der Waals surface area contributed by atoms with Gasteiger partial charge in [0.15, 0.2) is 40.3 Å². The fraction of sp³-hybridized carbons (Fsp3) is 0.125. The third kappa shape index (κ3) is 4.85. The minimum Gasteiger partial charge on any atom is -0.449 e. The number of amidine groups is 1. The van der Waals surface area contributed by atoms with Crippen LogP contribution in [0.4, 0.5) is 32.0 Å². The molecule has 0 aromatic heterocycles. The van der Waals surface area contributed by atoms with Crippen LogP contribution in [0.5, 0.6) is 11.5 Å². The fourth-order valence-electron chi connectivity index (χ4n) is 1.89. The number of benzene rings is 2. The second kappa shape index (κ2) is 8.22. The minimum atomic E-state index is -4.95. The number of nitrogens with zero attached hydrogens (tertiary/aromatic N) is 2. The van der Waals surface area contributed by atoms with E-state index in [1.165, 1.54) is 6.26 Å². The molecule has 11 heteroatoms. The number of nitriles is 1. The molecule has 0 aliphatic heterocycles. The van der Waals surface area contributed by atoms with E-state index < -0.39 is 46.4 Å². The topological polar surface area (TPSA) is 57.4 Å². The molecule has 0 bridgehead atoms. The molecule has 0 amide bonds. The van der Waals surface area contributed by atoms with E-state index in [9.17, 15) is 26.3 Å². The number of hydrogen-bond donors (Lipinski definition) is 1. The van der Waals surface area contributed by atoms with Crippen LogP contribution in [0, 0.1) is 28.9 Å². The van der Waals surface area contributed by atoms with Crippen LogP contribution < -0.4 is 10.1 Å². The van der Waals surface area contributed by atoms with Crippen molar-refractivity contribution in [3.8, 4) is 17.7 Å². The average Bonchev–Trinajstić information content (AvgIpc) is 2.58. The second-order valence-electron chi connectivity index (χ2n) is 4.81. The summed E-state index contributed by atoms with van der Waals surface area (Å²) in [5.74, 6) is -5.79. The summed E-state index contributed by atoms with van der Waals surface area (Å²) in [4.78, 5) is 3.80. The smallest absolute Gasteiger partial charge is 0.416 e. The summed E-state index contributed by atoms with van der Waals surface area (Å²) in [5, 5.41) is 10.7. The average molecular weight is 405 g/mol. The fourth-order valence-corrected chi connectivity index (χ4v) is 2.22. The number of thioether (sulfide) groups is 1. The molecule has 2 aromatic carbocycles. The first-order valence-corrected chi connectivity index (χ1v) is 8.20. The number of para-hydroxylation sites is 1. The predicted octanol–water partition coefficient (Wildman–Crippen LogP) is 5.34. The lowest BCUT2D eigenvalue weighted by atomic mass is 10.2. The summed E-state index contributed by atoms with van der Waals surface area (Å²) in [6.07, 6.45) is -1.85. The van der Waals surface area contributed by atoms with E-state index in [4.69, 9.17) is 10.00 Å². The molecule has 0 radical (unpaired) electrons. The highest BCUT2D eigenvalue weighted by molar-refractivity contribution is 8.13. The molecule has 2 rings (SSSR count). The summed E-state index contributed by atoms with van der Waals surface area (Å²) in [5.41, 5.74) is -2.03. The van der Waals surface area contributed by atoms with Gasteiger partial charge in [0.1, 0.15) is 5.69 Å². The van der Waals surface area contributed by atoms with E-state index in [0.717, 1.165) is 30.0 Å². The van der Waals surface area contributed by atoms with Gasteiger partial charge in [0, 0.05) is 0 Å². The summed E-state index contributed by atoms with van der Waals surface area (Å²) >= 11 is 0.945. The van der Waals surface area contributed by atoms with Gasteiger partial charge in [0.05, 0.1) is 5.56 Å². The van der Waals surface area contributed by atoms with Gasteiger partial charge in [-0.05, 0) is 30.5 Å². The van der Waals surface area contributed by atoms with E-state index in [-0.39, 0.29) is 17.3 Å². The highest BCUT2D eigenvalue weighted by Crippen LogP contribution is 2.39. The van der Waals surface area contributed by atoms with Crippen molar-refractivity contribution in [1.29, 1.82) is 5.26 Å². The monoisotopic (exact) mass is 405 g/mol. The number of hydrogen-bond acceptors (Lipinski definition) is 4. The number of nitrogens with one attached hydrogen (secondary N) is 1. The van der Waals surface area contributed by atoms with Gasteiger partial charge in [-0.15, -0.1) is 0 Å². The van der Waals surface area contributed by atoms with Gasteiger partial charge in [-0.2, -0.15) is 18.4 Å². The first-order valence-electron chi connectivity index (χ1n) is 6.97. The molecule has 142 valence electrons.